The van der Waals surface area contributed by atoms with Crippen molar-refractivity contribution in [2.24, 2.45) is 0 Å². The molecule has 6 nitrogen and oxygen atoms in total. The number of benzene rings is 2. The fraction of sp³-hybridized carbons (Fsp3) is 0.316. The molecular formula is C19H22N2O4. The van der Waals surface area contributed by atoms with Crippen LogP contribution in [-0.4, -0.2) is 41.0 Å². The highest BCUT2D eigenvalue weighted by Gasteiger charge is 2.54. The lowest BCUT2D eigenvalue weighted by atomic mass is 10.0. The van der Waals surface area contributed by atoms with Crippen molar-refractivity contribution in [3.63, 3.8) is 0 Å². The maximum absolute atomic E-state index is 13.2. The molecule has 1 aliphatic rings. The molecule has 1 N–H and O–H groups in total. The van der Waals surface area contributed by atoms with Gasteiger partial charge >= 0.3 is 0 Å². The standard InChI is InChI=1S/C19H22N2O4/c1-13-18(14-8-6-5-7-9-14)21(23)19(2,20(13)22)15-10-11-16(24-3)17(12-15)25-4/h5-13,22H,1-4H3/t13-,19-/m1/s1. The Bertz CT molecular complexity index is 806. The summed E-state index contributed by atoms with van der Waals surface area (Å²) in [5, 5.41) is 25.1. The topological polar surface area (TPSA) is 68.0 Å². The van der Waals surface area contributed by atoms with Crippen molar-refractivity contribution >= 4 is 5.71 Å². The third-order valence-corrected chi connectivity index (χ3v) is 4.82. The fourth-order valence-corrected chi connectivity index (χ4v) is 3.34. The van der Waals surface area contributed by atoms with Gasteiger partial charge in [-0.05, 0) is 37.3 Å². The van der Waals surface area contributed by atoms with Gasteiger partial charge in [0.25, 0.3) is 5.66 Å². The average molecular weight is 342 g/mol. The summed E-state index contributed by atoms with van der Waals surface area (Å²) in [5.41, 5.74) is 0.638. The molecule has 0 saturated heterocycles. The zero-order valence-electron chi connectivity index (χ0n) is 14.8. The number of ether oxygens (including phenoxy) is 2. The summed E-state index contributed by atoms with van der Waals surface area (Å²) in [6.07, 6.45) is 0. The molecule has 0 aromatic heterocycles. The Kier molecular flexibility index (Phi) is 4.41. The van der Waals surface area contributed by atoms with Crippen molar-refractivity contribution in [1.29, 1.82) is 0 Å². The van der Waals surface area contributed by atoms with Gasteiger partial charge in [0, 0.05) is 18.1 Å². The second-order valence-electron chi connectivity index (χ2n) is 6.16. The van der Waals surface area contributed by atoms with Crippen LogP contribution in [-0.2, 0) is 5.66 Å². The number of hydrogen-bond donors (Lipinski definition) is 1. The van der Waals surface area contributed by atoms with E-state index in [1.54, 1.807) is 39.2 Å². The van der Waals surface area contributed by atoms with Crippen LogP contribution in [0.4, 0.5) is 0 Å². The quantitative estimate of drug-likeness (QED) is 0.683. The van der Waals surface area contributed by atoms with E-state index in [0.29, 0.717) is 22.8 Å². The van der Waals surface area contributed by atoms with E-state index < -0.39 is 11.7 Å². The van der Waals surface area contributed by atoms with Gasteiger partial charge in [-0.25, -0.2) is 0 Å². The summed E-state index contributed by atoms with van der Waals surface area (Å²) in [7, 11) is 3.09. The van der Waals surface area contributed by atoms with Crippen LogP contribution in [0.5, 0.6) is 11.5 Å². The lowest BCUT2D eigenvalue weighted by Gasteiger charge is -2.30. The van der Waals surface area contributed by atoms with E-state index in [1.807, 2.05) is 30.3 Å². The molecule has 6 heteroatoms. The van der Waals surface area contributed by atoms with E-state index in [4.69, 9.17) is 9.47 Å². The maximum Gasteiger partial charge on any atom is 0.274 e. The van der Waals surface area contributed by atoms with Crippen molar-refractivity contribution in [3.8, 4) is 11.5 Å². The number of nitrogens with zero attached hydrogens (tertiary/aromatic N) is 2. The van der Waals surface area contributed by atoms with Crippen LogP contribution >= 0.6 is 0 Å². The minimum absolute atomic E-state index is 0.460. The van der Waals surface area contributed by atoms with Crippen LogP contribution in [0.15, 0.2) is 48.5 Å². The summed E-state index contributed by atoms with van der Waals surface area (Å²) in [6.45, 7) is 3.49. The molecule has 0 radical (unpaired) electrons. The van der Waals surface area contributed by atoms with E-state index in [-0.39, 0.29) is 0 Å². The Balaban J connectivity index is 2.16. The number of rotatable bonds is 4. The van der Waals surface area contributed by atoms with Crippen LogP contribution in [0.2, 0.25) is 0 Å². The Hall–Kier alpha value is -2.57. The number of hydrogen-bond acceptors (Lipinski definition) is 5. The SMILES string of the molecule is COc1ccc([C@]2(C)N(O)[C@H](C)C(c3ccccc3)=[N+]2[O-])cc1OC. The summed E-state index contributed by atoms with van der Waals surface area (Å²) >= 11 is 0. The lowest BCUT2D eigenvalue weighted by Crippen LogP contribution is -2.45. The molecule has 2 aromatic rings. The number of hydroxylamine groups is 3. The Morgan fingerprint density at radius 2 is 1.72 bits per heavy atom. The molecule has 0 aliphatic carbocycles. The van der Waals surface area contributed by atoms with Crippen molar-refractivity contribution < 1.29 is 19.4 Å². The second-order valence-corrected chi connectivity index (χ2v) is 6.16. The third kappa shape index (κ3) is 2.54. The highest BCUT2D eigenvalue weighted by molar-refractivity contribution is 6.01. The molecule has 25 heavy (non-hydrogen) atoms. The average Bonchev–Trinajstić information content (AvgIpc) is 2.83. The zero-order valence-corrected chi connectivity index (χ0v) is 14.8. The number of methoxy groups -OCH3 is 2. The summed E-state index contributed by atoms with van der Waals surface area (Å²) in [4.78, 5) is 0. The van der Waals surface area contributed by atoms with Crippen LogP contribution in [0, 0.1) is 5.21 Å². The monoisotopic (exact) mass is 342 g/mol. The third-order valence-electron chi connectivity index (χ3n) is 4.82. The minimum Gasteiger partial charge on any atom is -0.622 e. The molecule has 0 bridgehead atoms. The molecule has 0 spiro atoms. The largest absolute Gasteiger partial charge is 0.622 e. The molecule has 0 unspecified atom stereocenters. The molecule has 0 fully saturated rings. The first-order chi connectivity index (χ1) is 11.9. The minimum atomic E-state index is -1.27. The molecule has 1 aliphatic heterocycles. The fourth-order valence-electron chi connectivity index (χ4n) is 3.34. The Morgan fingerprint density at radius 3 is 2.32 bits per heavy atom. The van der Waals surface area contributed by atoms with Gasteiger partial charge in [0.15, 0.2) is 11.5 Å². The van der Waals surface area contributed by atoms with Crippen LogP contribution in [0.1, 0.15) is 25.0 Å². The summed E-state index contributed by atoms with van der Waals surface area (Å²) in [6, 6.07) is 14.1. The van der Waals surface area contributed by atoms with Crippen LogP contribution in [0.25, 0.3) is 0 Å². The predicted molar refractivity (Wildman–Crippen MR) is 94.2 cm³/mol. The molecule has 1 heterocycles. The predicted octanol–water partition coefficient (Wildman–Crippen LogP) is 2.97. The van der Waals surface area contributed by atoms with Gasteiger partial charge < -0.3 is 19.9 Å². The highest BCUT2D eigenvalue weighted by Crippen LogP contribution is 2.39. The normalized spacial score (nSPS) is 23.8. The van der Waals surface area contributed by atoms with Crippen molar-refractivity contribution in [3.05, 3.63) is 64.9 Å². The molecule has 132 valence electrons. The summed E-state index contributed by atoms with van der Waals surface area (Å²) < 4.78 is 11.5. The van der Waals surface area contributed by atoms with Crippen molar-refractivity contribution in [1.82, 2.24) is 5.06 Å². The molecule has 2 aromatic carbocycles. The van der Waals surface area contributed by atoms with Gasteiger partial charge in [0.2, 0.25) is 5.71 Å². The van der Waals surface area contributed by atoms with E-state index in [0.717, 1.165) is 15.4 Å². The maximum atomic E-state index is 13.2. The van der Waals surface area contributed by atoms with Gasteiger partial charge in [-0.3, -0.25) is 0 Å². The Labute approximate surface area is 147 Å². The van der Waals surface area contributed by atoms with Gasteiger partial charge in [-0.2, -0.15) is 4.74 Å². The Morgan fingerprint density at radius 1 is 1.08 bits per heavy atom. The highest BCUT2D eigenvalue weighted by atomic mass is 16.6. The van der Waals surface area contributed by atoms with Crippen molar-refractivity contribution in [2.75, 3.05) is 14.2 Å². The van der Waals surface area contributed by atoms with Gasteiger partial charge in [-0.15, -0.1) is 5.06 Å². The molecule has 3 rings (SSSR count). The zero-order chi connectivity index (χ0) is 18.2. The van der Waals surface area contributed by atoms with E-state index in [2.05, 4.69) is 0 Å². The summed E-state index contributed by atoms with van der Waals surface area (Å²) in [5.74, 6) is 1.07. The lowest BCUT2D eigenvalue weighted by molar-refractivity contribution is -0.595. The molecular weight excluding hydrogens is 320 g/mol. The second kappa shape index (κ2) is 6.38. The first-order valence-electron chi connectivity index (χ1n) is 8.05. The van der Waals surface area contributed by atoms with Crippen LogP contribution < -0.4 is 9.47 Å². The first-order valence-corrected chi connectivity index (χ1v) is 8.05. The van der Waals surface area contributed by atoms with E-state index in [9.17, 15) is 10.4 Å². The van der Waals surface area contributed by atoms with Crippen LogP contribution in [0.3, 0.4) is 0 Å². The van der Waals surface area contributed by atoms with Gasteiger partial charge in [0.1, 0.15) is 6.04 Å². The van der Waals surface area contributed by atoms with E-state index in [1.165, 1.54) is 7.11 Å². The molecule has 2 atom stereocenters. The molecule has 0 amide bonds. The van der Waals surface area contributed by atoms with Crippen molar-refractivity contribution in [2.45, 2.75) is 25.6 Å². The van der Waals surface area contributed by atoms with E-state index >= 15 is 0 Å². The van der Waals surface area contributed by atoms with Gasteiger partial charge in [-0.1, -0.05) is 18.2 Å². The molecule has 0 saturated carbocycles. The first kappa shape index (κ1) is 17.3. The van der Waals surface area contributed by atoms with Gasteiger partial charge in [0.05, 0.1) is 14.2 Å². The smallest absolute Gasteiger partial charge is 0.274 e.